The lowest BCUT2D eigenvalue weighted by Crippen LogP contribution is -2.61. The number of halogens is 14. The summed E-state index contributed by atoms with van der Waals surface area (Å²) >= 11 is 0. The predicted molar refractivity (Wildman–Crippen MR) is 84.8 cm³/mol. The lowest BCUT2D eigenvalue weighted by Gasteiger charge is -2.32. The number of hydrogen-bond donors (Lipinski definition) is 1. The zero-order chi connectivity index (χ0) is 27.8. The van der Waals surface area contributed by atoms with Crippen LogP contribution in [0.1, 0.15) is 18.6 Å². The predicted octanol–water partition coefficient (Wildman–Crippen LogP) is 5.44. The number of amides is 1. The van der Waals surface area contributed by atoms with Gasteiger partial charge in [0, 0.05) is 0 Å². The van der Waals surface area contributed by atoms with E-state index in [1.165, 1.54) is 6.07 Å². The fraction of sp³-hybridized carbons (Fsp3) is 0.529. The molecule has 0 bridgehead atoms. The molecule has 2 atom stereocenters. The lowest BCUT2D eigenvalue weighted by molar-refractivity contribution is -0.349. The molecule has 200 valence electrons. The SMILES string of the molecule is CC(NC(=O)C(F)(F)C(F)(F)C(F)(F)F)C(OC(=O)C(F)(F)C(F)(F)C(F)(F)F)c1ccccc1. The Kier molecular flexibility index (Phi) is 8.05. The summed E-state index contributed by atoms with van der Waals surface area (Å²) in [6, 6.07) is 2.29. The van der Waals surface area contributed by atoms with E-state index in [4.69, 9.17) is 0 Å². The lowest BCUT2D eigenvalue weighted by atomic mass is 10.0. The maximum absolute atomic E-state index is 13.6. The van der Waals surface area contributed by atoms with E-state index in [1.54, 1.807) is 0 Å². The van der Waals surface area contributed by atoms with Gasteiger partial charge in [0.1, 0.15) is 6.10 Å². The standard InChI is InChI=1S/C17H11F14NO3/c1-7(32-10(33)12(18,19)14(22,23)16(26,27)28)9(8-5-3-2-4-6-8)35-11(34)13(20,21)15(24,25)17(29,30)31/h2-7,9H,1H3,(H,32,33). The van der Waals surface area contributed by atoms with Gasteiger partial charge in [0.25, 0.3) is 5.91 Å². The van der Waals surface area contributed by atoms with E-state index >= 15 is 0 Å². The third-order valence-electron chi connectivity index (χ3n) is 4.22. The van der Waals surface area contributed by atoms with Crippen molar-refractivity contribution in [3.05, 3.63) is 35.9 Å². The van der Waals surface area contributed by atoms with Gasteiger partial charge in [-0.15, -0.1) is 0 Å². The molecule has 0 heterocycles. The van der Waals surface area contributed by atoms with Gasteiger partial charge < -0.3 is 10.1 Å². The van der Waals surface area contributed by atoms with Gasteiger partial charge in [-0.2, -0.15) is 61.5 Å². The summed E-state index contributed by atoms with van der Waals surface area (Å²) in [7, 11) is 0. The van der Waals surface area contributed by atoms with E-state index in [9.17, 15) is 71.1 Å². The smallest absolute Gasteiger partial charge is 0.451 e. The van der Waals surface area contributed by atoms with Crippen LogP contribution in [0.5, 0.6) is 0 Å². The van der Waals surface area contributed by atoms with Gasteiger partial charge >= 0.3 is 42.0 Å². The topological polar surface area (TPSA) is 55.4 Å². The van der Waals surface area contributed by atoms with Crippen LogP contribution in [-0.4, -0.2) is 54.0 Å². The number of carbonyl (C=O) groups excluding carboxylic acids is 2. The first kappa shape index (κ1) is 30.2. The van der Waals surface area contributed by atoms with Gasteiger partial charge in [-0.3, -0.25) is 4.79 Å². The molecule has 0 fully saturated rings. The maximum atomic E-state index is 13.6. The van der Waals surface area contributed by atoms with Gasteiger partial charge in [-0.1, -0.05) is 30.3 Å². The number of alkyl halides is 14. The van der Waals surface area contributed by atoms with E-state index < -0.39 is 65.6 Å². The molecule has 1 aromatic carbocycles. The Bertz CT molecular complexity index is 911. The molecule has 0 saturated heterocycles. The molecule has 1 amide bonds. The molecule has 2 unspecified atom stereocenters. The van der Waals surface area contributed by atoms with Crippen molar-refractivity contribution in [1.82, 2.24) is 5.32 Å². The summed E-state index contributed by atoms with van der Waals surface area (Å²) in [6.07, 6.45) is -16.6. The van der Waals surface area contributed by atoms with E-state index in [0.29, 0.717) is 6.92 Å². The third-order valence-corrected chi connectivity index (χ3v) is 4.22. The summed E-state index contributed by atoms with van der Waals surface area (Å²) < 4.78 is 184. The Morgan fingerprint density at radius 3 is 1.51 bits per heavy atom. The molecule has 0 aliphatic rings. The average Bonchev–Trinajstić information content (AvgIpc) is 2.70. The minimum Gasteiger partial charge on any atom is -0.451 e. The highest BCUT2D eigenvalue weighted by molar-refractivity contribution is 5.85. The number of hydrogen-bond acceptors (Lipinski definition) is 3. The number of benzene rings is 1. The minimum absolute atomic E-state index is 0.407. The van der Waals surface area contributed by atoms with Crippen molar-refractivity contribution >= 4 is 11.9 Å². The zero-order valence-electron chi connectivity index (χ0n) is 16.6. The van der Waals surface area contributed by atoms with Crippen LogP contribution in [0.2, 0.25) is 0 Å². The van der Waals surface area contributed by atoms with Crippen molar-refractivity contribution in [2.24, 2.45) is 0 Å². The van der Waals surface area contributed by atoms with Crippen LogP contribution in [0.25, 0.3) is 0 Å². The summed E-state index contributed by atoms with van der Waals surface area (Å²) in [5.41, 5.74) is -0.648. The molecular formula is C17H11F14NO3. The van der Waals surface area contributed by atoms with E-state index in [2.05, 4.69) is 4.74 Å². The van der Waals surface area contributed by atoms with Crippen molar-refractivity contribution < 1.29 is 75.8 Å². The molecule has 0 aliphatic carbocycles. The minimum atomic E-state index is -7.01. The van der Waals surface area contributed by atoms with E-state index in [-0.39, 0.29) is 0 Å². The Hall–Kier alpha value is -2.82. The van der Waals surface area contributed by atoms with Gasteiger partial charge in [-0.05, 0) is 12.5 Å². The number of rotatable bonds is 8. The Balaban J connectivity index is 3.34. The van der Waals surface area contributed by atoms with Crippen LogP contribution >= 0.6 is 0 Å². The Labute approximate surface area is 185 Å². The highest BCUT2D eigenvalue weighted by Gasteiger charge is 2.78. The van der Waals surface area contributed by atoms with Crippen LogP contribution in [0, 0.1) is 0 Å². The largest absolute Gasteiger partial charge is 0.460 e. The monoisotopic (exact) mass is 543 g/mol. The first-order chi connectivity index (χ1) is 15.4. The first-order valence-electron chi connectivity index (χ1n) is 8.64. The number of ether oxygens (including phenoxy) is 1. The highest BCUT2D eigenvalue weighted by atomic mass is 19.4. The Morgan fingerprint density at radius 1 is 0.714 bits per heavy atom. The van der Waals surface area contributed by atoms with Gasteiger partial charge in [0.15, 0.2) is 0 Å². The molecule has 1 N–H and O–H groups in total. The van der Waals surface area contributed by atoms with Gasteiger partial charge in [-0.25, -0.2) is 4.79 Å². The fourth-order valence-corrected chi connectivity index (χ4v) is 2.29. The molecule has 18 heteroatoms. The molecule has 0 saturated carbocycles. The summed E-state index contributed by atoms with van der Waals surface area (Å²) in [4.78, 5) is 23.0. The fourth-order valence-electron chi connectivity index (χ4n) is 2.29. The van der Waals surface area contributed by atoms with E-state index in [0.717, 1.165) is 29.6 Å². The normalized spacial score (nSPS) is 15.9. The molecule has 4 nitrogen and oxygen atoms in total. The average molecular weight is 543 g/mol. The van der Waals surface area contributed by atoms with Crippen LogP contribution in [0.3, 0.4) is 0 Å². The zero-order valence-corrected chi connectivity index (χ0v) is 16.6. The third kappa shape index (κ3) is 5.55. The van der Waals surface area contributed by atoms with Gasteiger partial charge in [0.2, 0.25) is 0 Å². The van der Waals surface area contributed by atoms with Gasteiger partial charge in [0.05, 0.1) is 6.04 Å². The number of esters is 1. The van der Waals surface area contributed by atoms with Crippen LogP contribution in [-0.2, 0) is 14.3 Å². The molecule has 1 aromatic rings. The molecule has 0 aliphatic heterocycles. The van der Waals surface area contributed by atoms with Crippen molar-refractivity contribution in [3.63, 3.8) is 0 Å². The molecule has 0 aromatic heterocycles. The van der Waals surface area contributed by atoms with Crippen LogP contribution in [0.15, 0.2) is 30.3 Å². The molecular weight excluding hydrogens is 532 g/mol. The van der Waals surface area contributed by atoms with Crippen molar-refractivity contribution in [3.8, 4) is 0 Å². The van der Waals surface area contributed by atoms with Crippen LogP contribution in [0.4, 0.5) is 61.5 Å². The van der Waals surface area contributed by atoms with Crippen molar-refractivity contribution in [1.29, 1.82) is 0 Å². The number of nitrogens with one attached hydrogen (secondary N) is 1. The highest BCUT2D eigenvalue weighted by Crippen LogP contribution is 2.48. The summed E-state index contributed by atoms with van der Waals surface area (Å²) in [5.74, 6) is -34.0. The second-order valence-electron chi connectivity index (χ2n) is 6.79. The molecule has 0 spiro atoms. The van der Waals surface area contributed by atoms with E-state index in [1.807, 2.05) is 0 Å². The van der Waals surface area contributed by atoms with Crippen molar-refractivity contribution in [2.45, 2.75) is 55.1 Å². The maximum Gasteiger partial charge on any atom is 0.460 e. The summed E-state index contributed by atoms with van der Waals surface area (Å²) in [6.45, 7) is 0.407. The molecule has 1 rings (SSSR count). The summed E-state index contributed by atoms with van der Waals surface area (Å²) in [5, 5.41) is 0.822. The van der Waals surface area contributed by atoms with Crippen molar-refractivity contribution in [2.75, 3.05) is 0 Å². The first-order valence-corrected chi connectivity index (χ1v) is 8.64. The molecule has 35 heavy (non-hydrogen) atoms. The second-order valence-corrected chi connectivity index (χ2v) is 6.79. The Morgan fingerprint density at radius 2 is 1.11 bits per heavy atom. The van der Waals surface area contributed by atoms with Crippen LogP contribution < -0.4 is 5.32 Å². The second kappa shape index (κ2) is 9.33. The number of carbonyl (C=O) groups is 2. The quantitative estimate of drug-likeness (QED) is 0.351. The molecule has 0 radical (unpaired) electrons.